The van der Waals surface area contributed by atoms with E-state index in [0.29, 0.717) is 36.7 Å². The van der Waals surface area contributed by atoms with Crippen LogP contribution in [0.4, 0.5) is 0 Å². The van der Waals surface area contributed by atoms with Crippen molar-refractivity contribution in [1.82, 2.24) is 10.6 Å². The molecule has 3 N–H and O–H groups in total. The van der Waals surface area contributed by atoms with Crippen LogP contribution in [0.2, 0.25) is 5.02 Å². The number of ether oxygens (including phenoxy) is 2. The van der Waals surface area contributed by atoms with Gasteiger partial charge in [-0.2, -0.15) is 0 Å². The van der Waals surface area contributed by atoms with Gasteiger partial charge in [-0.3, -0.25) is 19.2 Å². The Kier molecular flexibility index (Phi) is 10.3. The maximum Gasteiger partial charge on any atom is 0.309 e. The first-order chi connectivity index (χ1) is 28.7. The highest BCUT2D eigenvalue weighted by molar-refractivity contribution is 6.30. The van der Waals surface area contributed by atoms with E-state index in [0.717, 1.165) is 101 Å². The normalized spacial score (nSPS) is 42.3. The Balaban J connectivity index is 0.934. The van der Waals surface area contributed by atoms with Crippen molar-refractivity contribution in [2.24, 2.45) is 67.5 Å². The van der Waals surface area contributed by atoms with Gasteiger partial charge in [-0.1, -0.05) is 78.6 Å². The van der Waals surface area contributed by atoms with Gasteiger partial charge in [0.1, 0.15) is 18.0 Å². The van der Waals surface area contributed by atoms with Gasteiger partial charge in [0.15, 0.2) is 5.78 Å². The molecule has 9 rings (SSSR count). The number of halogens is 1. The van der Waals surface area contributed by atoms with E-state index in [4.69, 9.17) is 21.1 Å². The molecule has 9 nitrogen and oxygen atoms in total. The number of amides is 1. The van der Waals surface area contributed by atoms with Gasteiger partial charge < -0.3 is 25.2 Å². The zero-order valence-electron chi connectivity index (χ0n) is 38.1. The van der Waals surface area contributed by atoms with Crippen LogP contribution in [-0.4, -0.2) is 54.0 Å². The molecule has 7 fully saturated rings. The third-order valence-corrected chi connectivity index (χ3v) is 20.4. The van der Waals surface area contributed by atoms with Crippen molar-refractivity contribution in [2.75, 3.05) is 13.1 Å². The minimum absolute atomic E-state index is 0.0123. The number of carbonyl (C=O) groups is 4. The standard InChI is InChI=1S/C51H71ClN2O7/c1-29(2)41-36(55)25-50(26-40(56)54-27-30-9-10-31(52)23-37(30)60-32-14-21-53-22-15-32)19-17-46(5)33(42(41)50)11-12-38-47(46,6)18-20-51-28-49(51,8)39(13-16-48(38,51)7)61-44(59)35-24-34(43(57)58)45(35,3)4/h9-10,23,29,32-35,38-39,53H,11-22,24-28H2,1-8H3,(H,54,56)(H,57,58)/t33?,34-,35+,38-,39-,46+,47+,48+,49+,50-,51-/m0/s1. The van der Waals surface area contributed by atoms with Crippen LogP contribution < -0.4 is 15.4 Å². The number of carboxylic acid groups (broad SMARTS) is 1. The van der Waals surface area contributed by atoms with Gasteiger partial charge in [0.25, 0.3) is 0 Å². The molecule has 11 atom stereocenters. The average molecular weight is 860 g/mol. The predicted molar refractivity (Wildman–Crippen MR) is 235 cm³/mol. The van der Waals surface area contributed by atoms with E-state index in [1.165, 1.54) is 5.57 Å². The molecule has 1 spiro atoms. The topological polar surface area (TPSA) is 131 Å². The number of esters is 1. The number of fused-ring (bicyclic) bond motifs is 6. The van der Waals surface area contributed by atoms with Crippen molar-refractivity contribution in [3.8, 4) is 5.75 Å². The molecule has 1 heterocycles. The van der Waals surface area contributed by atoms with Crippen LogP contribution in [0.5, 0.6) is 5.75 Å². The summed E-state index contributed by atoms with van der Waals surface area (Å²) in [5.41, 5.74) is 2.34. The minimum atomic E-state index is -0.826. The highest BCUT2D eigenvalue weighted by atomic mass is 35.5. The number of benzene rings is 1. The monoisotopic (exact) mass is 858 g/mol. The SMILES string of the molecule is CC(C)C1=C2C3CC[C@@H]4[C@@]5(C)CC[C@H](OC(=O)[C@H]6C[C@@H](C(=O)O)C6(C)C)[C@@]6(C)C[C@]65CC[C@@]4(C)[C@]3(C)CC[C@@]2(CC(=O)NCc2ccc(Cl)cc2OC2CCNCC2)CC1=O. The molecule has 1 aromatic rings. The zero-order chi connectivity index (χ0) is 43.7. The second-order valence-electron chi connectivity index (χ2n) is 23.2. The molecule has 0 bridgehead atoms. The highest BCUT2D eigenvalue weighted by Crippen LogP contribution is 2.87. The van der Waals surface area contributed by atoms with Gasteiger partial charge in [0.2, 0.25) is 5.91 Å². The molecule has 1 unspecified atom stereocenters. The quantitative estimate of drug-likeness (QED) is 0.198. The minimum Gasteiger partial charge on any atom is -0.490 e. The first-order valence-electron chi connectivity index (χ1n) is 23.8. The van der Waals surface area contributed by atoms with Gasteiger partial charge in [-0.05, 0) is 153 Å². The summed E-state index contributed by atoms with van der Waals surface area (Å²) in [6.45, 7) is 20.4. The Morgan fingerprint density at radius 3 is 2.30 bits per heavy atom. The summed E-state index contributed by atoms with van der Waals surface area (Å²) in [6, 6.07) is 5.67. The van der Waals surface area contributed by atoms with Crippen molar-refractivity contribution in [2.45, 2.75) is 164 Å². The lowest BCUT2D eigenvalue weighted by atomic mass is 9.33. The molecule has 61 heavy (non-hydrogen) atoms. The smallest absolute Gasteiger partial charge is 0.309 e. The Morgan fingerprint density at radius 2 is 1.61 bits per heavy atom. The fraction of sp³-hybridized carbons (Fsp3) is 0.765. The molecular formula is C51H71ClN2O7. The summed E-state index contributed by atoms with van der Waals surface area (Å²) in [6.07, 6.45) is 12.1. The van der Waals surface area contributed by atoms with Crippen LogP contribution in [0.25, 0.3) is 0 Å². The predicted octanol–water partition coefficient (Wildman–Crippen LogP) is 9.87. The van der Waals surface area contributed by atoms with E-state index in [-0.39, 0.29) is 74.7 Å². The Hall–Kier alpha value is -2.91. The number of allylic oxidation sites excluding steroid dienone is 2. The molecule has 6 saturated carbocycles. The third kappa shape index (κ3) is 6.21. The maximum atomic E-state index is 14.2. The molecule has 1 aromatic carbocycles. The lowest BCUT2D eigenvalue weighted by Crippen LogP contribution is -2.64. The second kappa shape index (κ2) is 14.6. The summed E-state index contributed by atoms with van der Waals surface area (Å²) >= 11 is 6.42. The van der Waals surface area contributed by atoms with Crippen LogP contribution >= 0.6 is 11.6 Å². The molecular weight excluding hydrogens is 788 g/mol. The van der Waals surface area contributed by atoms with Crippen LogP contribution in [0.3, 0.4) is 0 Å². The number of nitrogens with one attached hydrogen (secondary N) is 2. The van der Waals surface area contributed by atoms with E-state index in [1.54, 1.807) is 0 Å². The molecule has 0 aromatic heterocycles. The van der Waals surface area contributed by atoms with E-state index in [9.17, 15) is 24.3 Å². The van der Waals surface area contributed by atoms with Gasteiger partial charge in [-0.15, -0.1) is 0 Å². The second-order valence-corrected chi connectivity index (χ2v) is 23.6. The van der Waals surface area contributed by atoms with Crippen LogP contribution in [0.1, 0.15) is 151 Å². The van der Waals surface area contributed by atoms with E-state index in [2.05, 4.69) is 52.2 Å². The fourth-order valence-corrected chi connectivity index (χ4v) is 16.5. The molecule has 0 radical (unpaired) electrons. The Labute approximate surface area is 368 Å². The van der Waals surface area contributed by atoms with Crippen molar-refractivity contribution in [3.63, 3.8) is 0 Å². The van der Waals surface area contributed by atoms with E-state index >= 15 is 0 Å². The first-order valence-corrected chi connectivity index (χ1v) is 24.2. The van der Waals surface area contributed by atoms with Crippen LogP contribution in [-0.2, 0) is 30.5 Å². The molecule has 334 valence electrons. The average Bonchev–Trinajstić information content (AvgIpc) is 3.73. The summed E-state index contributed by atoms with van der Waals surface area (Å²) in [7, 11) is 0. The first kappa shape index (κ1) is 43.3. The van der Waals surface area contributed by atoms with Crippen molar-refractivity contribution >= 4 is 35.2 Å². The number of hydrogen-bond acceptors (Lipinski definition) is 7. The summed E-state index contributed by atoms with van der Waals surface area (Å²) in [4.78, 5) is 54.0. The lowest BCUT2D eigenvalue weighted by Gasteiger charge is -2.71. The number of piperidine rings is 1. The third-order valence-electron chi connectivity index (χ3n) is 20.2. The number of aliphatic carboxylic acids is 1. The number of hydrogen-bond donors (Lipinski definition) is 3. The number of carbonyl (C=O) groups excluding carboxylic acids is 3. The fourth-order valence-electron chi connectivity index (χ4n) is 16.3. The number of rotatable bonds is 10. The number of ketones is 1. The highest BCUT2D eigenvalue weighted by Gasteiger charge is 2.82. The van der Waals surface area contributed by atoms with Gasteiger partial charge in [0.05, 0.1) is 11.8 Å². The van der Waals surface area contributed by atoms with Gasteiger partial charge in [-0.25, -0.2) is 0 Å². The molecule has 1 aliphatic heterocycles. The van der Waals surface area contributed by atoms with Gasteiger partial charge >= 0.3 is 11.9 Å². The van der Waals surface area contributed by atoms with Gasteiger partial charge in [0, 0.05) is 40.8 Å². The number of Topliss-reactive ketones (excluding diaryl/α,β-unsaturated/α-hetero) is 1. The zero-order valence-corrected chi connectivity index (χ0v) is 38.8. The van der Waals surface area contributed by atoms with Crippen LogP contribution in [0.15, 0.2) is 29.3 Å². The molecule has 10 heteroatoms. The summed E-state index contributed by atoms with van der Waals surface area (Å²) < 4.78 is 12.9. The van der Waals surface area contributed by atoms with Crippen molar-refractivity contribution in [3.05, 3.63) is 39.9 Å². The lowest BCUT2D eigenvalue weighted by molar-refractivity contribution is -0.221. The summed E-state index contributed by atoms with van der Waals surface area (Å²) in [5, 5.41) is 17.0. The molecule has 1 amide bonds. The number of carboxylic acids is 1. The molecule has 8 aliphatic rings. The van der Waals surface area contributed by atoms with E-state index in [1.807, 2.05) is 32.0 Å². The summed E-state index contributed by atoms with van der Waals surface area (Å²) in [5.74, 6) is -0.0994. The van der Waals surface area contributed by atoms with E-state index < -0.39 is 22.7 Å². The van der Waals surface area contributed by atoms with Crippen molar-refractivity contribution in [1.29, 1.82) is 0 Å². The van der Waals surface area contributed by atoms with Crippen LogP contribution in [0, 0.1) is 67.5 Å². The maximum absolute atomic E-state index is 14.2. The van der Waals surface area contributed by atoms with Crippen molar-refractivity contribution < 1.29 is 33.8 Å². The molecule has 1 saturated heterocycles. The Morgan fingerprint density at radius 1 is 0.885 bits per heavy atom. The molecule has 7 aliphatic carbocycles. The Bertz CT molecular complexity index is 2060. The largest absolute Gasteiger partial charge is 0.490 e.